The molecular formula is C14H29NO4Si. The van der Waals surface area contributed by atoms with Crippen LogP contribution in [0.4, 0.5) is 0 Å². The van der Waals surface area contributed by atoms with Gasteiger partial charge in [0, 0.05) is 13.1 Å². The van der Waals surface area contributed by atoms with E-state index in [1.165, 1.54) is 0 Å². The molecule has 5 atom stereocenters. The minimum Gasteiger partial charge on any atom is -0.412 e. The number of fused-ring (bicyclic) bond motifs is 1. The lowest BCUT2D eigenvalue weighted by Crippen LogP contribution is -2.62. The molecule has 0 saturated carbocycles. The molecule has 0 unspecified atom stereocenters. The van der Waals surface area contributed by atoms with E-state index in [4.69, 9.17) is 4.43 Å². The molecule has 6 heteroatoms. The zero-order chi connectivity index (χ0) is 15.3. The molecule has 2 aliphatic heterocycles. The molecule has 3 N–H and O–H groups in total. The smallest absolute Gasteiger partial charge is 0.192 e. The number of aliphatic hydroxyl groups is 3. The van der Waals surface area contributed by atoms with E-state index in [-0.39, 0.29) is 17.2 Å². The Kier molecular flexibility index (Phi) is 4.37. The minimum absolute atomic E-state index is 0.0481. The van der Waals surface area contributed by atoms with Crippen LogP contribution < -0.4 is 0 Å². The fourth-order valence-electron chi connectivity index (χ4n) is 2.96. The fourth-order valence-corrected chi connectivity index (χ4v) is 4.33. The van der Waals surface area contributed by atoms with Gasteiger partial charge < -0.3 is 19.7 Å². The van der Waals surface area contributed by atoms with Crippen LogP contribution in [-0.4, -0.2) is 72.1 Å². The predicted octanol–water partition coefficient (Wildman–Crippen LogP) is 0.547. The first-order valence-electron chi connectivity index (χ1n) is 7.50. The topological polar surface area (TPSA) is 73.2 Å². The molecule has 0 aliphatic carbocycles. The van der Waals surface area contributed by atoms with Crippen molar-refractivity contribution in [2.45, 2.75) is 75.8 Å². The molecule has 2 heterocycles. The quantitative estimate of drug-likeness (QED) is 0.650. The van der Waals surface area contributed by atoms with Gasteiger partial charge in [-0.25, -0.2) is 0 Å². The van der Waals surface area contributed by atoms with Crippen molar-refractivity contribution in [1.29, 1.82) is 0 Å². The highest BCUT2D eigenvalue weighted by molar-refractivity contribution is 6.74. The van der Waals surface area contributed by atoms with Crippen molar-refractivity contribution >= 4 is 8.32 Å². The number of nitrogens with zero attached hydrogens (tertiary/aromatic N) is 1. The van der Waals surface area contributed by atoms with Crippen molar-refractivity contribution in [3.8, 4) is 0 Å². The molecular weight excluding hydrogens is 274 g/mol. The van der Waals surface area contributed by atoms with Crippen LogP contribution in [0.5, 0.6) is 0 Å². The van der Waals surface area contributed by atoms with Gasteiger partial charge >= 0.3 is 0 Å². The molecule has 2 rings (SSSR count). The molecule has 118 valence electrons. The first-order chi connectivity index (χ1) is 9.04. The van der Waals surface area contributed by atoms with Gasteiger partial charge in [-0.15, -0.1) is 0 Å². The van der Waals surface area contributed by atoms with Gasteiger partial charge in [-0.1, -0.05) is 20.8 Å². The van der Waals surface area contributed by atoms with Gasteiger partial charge in [-0.2, -0.15) is 0 Å². The summed E-state index contributed by atoms with van der Waals surface area (Å²) in [6.07, 6.45) is -2.06. The van der Waals surface area contributed by atoms with Crippen LogP contribution in [0.15, 0.2) is 0 Å². The van der Waals surface area contributed by atoms with E-state index in [1.807, 2.05) is 0 Å². The molecule has 0 radical (unpaired) electrons. The second-order valence-corrected chi connectivity index (χ2v) is 12.5. The molecule has 2 saturated heterocycles. The van der Waals surface area contributed by atoms with Crippen LogP contribution >= 0.6 is 0 Å². The number of hydrogen-bond donors (Lipinski definition) is 3. The third-order valence-electron chi connectivity index (χ3n) is 5.27. The Balaban J connectivity index is 2.12. The van der Waals surface area contributed by atoms with E-state index >= 15 is 0 Å². The molecule has 0 aromatic heterocycles. The van der Waals surface area contributed by atoms with E-state index in [0.29, 0.717) is 6.54 Å². The van der Waals surface area contributed by atoms with Crippen LogP contribution in [-0.2, 0) is 4.43 Å². The standard InChI is InChI=1S/C14H29NO4Si/c1-14(2,3)20(4,5)19-10-6-7-15-8-9(16)12(17)13(18)11(10)15/h9-13,16-18H,6-8H2,1-5H3/t9-,10-,11+,12+,13+/m0/s1. The zero-order valence-corrected chi connectivity index (χ0v) is 14.2. The lowest BCUT2D eigenvalue weighted by Gasteiger charge is -2.45. The van der Waals surface area contributed by atoms with Crippen molar-refractivity contribution < 1.29 is 19.7 Å². The SMILES string of the molecule is CC(C)(C)[Si](C)(C)O[C@H]1CCN2C[C@H](O)[C@@H](O)[C@H](O)[C@@H]12. The second-order valence-electron chi connectivity index (χ2n) is 7.74. The Morgan fingerprint density at radius 2 is 1.70 bits per heavy atom. The molecule has 2 fully saturated rings. The molecule has 0 amide bonds. The Bertz CT molecular complexity index is 358. The Hall–Kier alpha value is 0.0169. The fraction of sp³-hybridized carbons (Fsp3) is 1.00. The first-order valence-corrected chi connectivity index (χ1v) is 10.4. The highest BCUT2D eigenvalue weighted by atomic mass is 28.4. The predicted molar refractivity (Wildman–Crippen MR) is 80.1 cm³/mol. The Labute approximate surface area is 122 Å². The maximum absolute atomic E-state index is 10.3. The molecule has 0 bridgehead atoms. The summed E-state index contributed by atoms with van der Waals surface area (Å²) in [5.41, 5.74) is 0. The van der Waals surface area contributed by atoms with E-state index in [1.54, 1.807) is 0 Å². The summed E-state index contributed by atoms with van der Waals surface area (Å²) in [4.78, 5) is 2.06. The molecule has 0 aromatic rings. The summed E-state index contributed by atoms with van der Waals surface area (Å²) < 4.78 is 6.43. The molecule has 5 nitrogen and oxygen atoms in total. The summed E-state index contributed by atoms with van der Waals surface area (Å²) in [5.74, 6) is 0. The van der Waals surface area contributed by atoms with E-state index in [9.17, 15) is 15.3 Å². The minimum atomic E-state index is -1.90. The van der Waals surface area contributed by atoms with E-state index < -0.39 is 26.6 Å². The normalized spacial score (nSPS) is 39.9. The van der Waals surface area contributed by atoms with Gasteiger partial charge in [0.1, 0.15) is 12.2 Å². The van der Waals surface area contributed by atoms with E-state index in [2.05, 4.69) is 38.8 Å². The lowest BCUT2D eigenvalue weighted by atomic mass is 9.93. The summed E-state index contributed by atoms with van der Waals surface area (Å²) >= 11 is 0. The summed E-state index contributed by atoms with van der Waals surface area (Å²) in [6, 6.07) is -0.192. The highest BCUT2D eigenvalue weighted by Crippen LogP contribution is 2.40. The zero-order valence-electron chi connectivity index (χ0n) is 13.2. The Morgan fingerprint density at radius 3 is 2.25 bits per heavy atom. The Morgan fingerprint density at radius 1 is 1.10 bits per heavy atom. The average molecular weight is 303 g/mol. The van der Waals surface area contributed by atoms with Gasteiger partial charge in [-0.3, -0.25) is 4.90 Å². The maximum Gasteiger partial charge on any atom is 0.192 e. The monoisotopic (exact) mass is 303 g/mol. The lowest BCUT2D eigenvalue weighted by molar-refractivity contribution is -0.139. The van der Waals surface area contributed by atoms with Crippen molar-refractivity contribution in [2.24, 2.45) is 0 Å². The molecule has 2 aliphatic rings. The van der Waals surface area contributed by atoms with Crippen LogP contribution in [0.2, 0.25) is 18.1 Å². The highest BCUT2D eigenvalue weighted by Gasteiger charge is 2.51. The van der Waals surface area contributed by atoms with Crippen molar-refractivity contribution in [3.63, 3.8) is 0 Å². The summed E-state index contributed by atoms with van der Waals surface area (Å²) in [7, 11) is -1.90. The molecule has 20 heavy (non-hydrogen) atoms. The first kappa shape index (κ1) is 16.4. The molecule has 0 aromatic carbocycles. The second kappa shape index (κ2) is 5.33. The van der Waals surface area contributed by atoms with Gasteiger partial charge in [0.15, 0.2) is 8.32 Å². The van der Waals surface area contributed by atoms with Crippen LogP contribution in [0.1, 0.15) is 27.2 Å². The van der Waals surface area contributed by atoms with Crippen molar-refractivity contribution in [3.05, 3.63) is 0 Å². The van der Waals surface area contributed by atoms with E-state index in [0.717, 1.165) is 13.0 Å². The number of hydrogen-bond acceptors (Lipinski definition) is 5. The number of piperidine rings is 1. The van der Waals surface area contributed by atoms with Crippen LogP contribution in [0.3, 0.4) is 0 Å². The molecule has 0 spiro atoms. The van der Waals surface area contributed by atoms with Crippen molar-refractivity contribution in [1.82, 2.24) is 4.90 Å². The summed E-state index contributed by atoms with van der Waals surface area (Å²) in [5, 5.41) is 30.1. The van der Waals surface area contributed by atoms with Gasteiger partial charge in [0.25, 0.3) is 0 Å². The van der Waals surface area contributed by atoms with Crippen LogP contribution in [0, 0.1) is 0 Å². The summed E-state index contributed by atoms with van der Waals surface area (Å²) in [6.45, 7) is 12.2. The third-order valence-corrected chi connectivity index (χ3v) is 9.78. The third kappa shape index (κ3) is 2.82. The van der Waals surface area contributed by atoms with Gasteiger partial charge in [0.05, 0.1) is 18.2 Å². The average Bonchev–Trinajstić information content (AvgIpc) is 2.67. The van der Waals surface area contributed by atoms with Crippen LogP contribution in [0.25, 0.3) is 0 Å². The maximum atomic E-state index is 10.3. The van der Waals surface area contributed by atoms with Crippen molar-refractivity contribution in [2.75, 3.05) is 13.1 Å². The van der Waals surface area contributed by atoms with Gasteiger partial charge in [0.2, 0.25) is 0 Å². The number of rotatable bonds is 2. The largest absolute Gasteiger partial charge is 0.412 e. The van der Waals surface area contributed by atoms with Gasteiger partial charge in [-0.05, 0) is 24.6 Å². The number of aliphatic hydroxyl groups excluding tert-OH is 3.